The molecule has 18 heavy (non-hydrogen) atoms. The molecule has 0 unspecified atom stereocenters. The molecule has 1 aromatic heterocycles. The first-order valence-corrected chi connectivity index (χ1v) is 7.50. The largest absolute Gasteiger partial charge is 0.304 e. The van der Waals surface area contributed by atoms with Crippen LogP contribution in [0.1, 0.15) is 44.3 Å². The topological polar surface area (TPSA) is 34.0 Å². The zero-order valence-electron chi connectivity index (χ0n) is 11.4. The summed E-state index contributed by atoms with van der Waals surface area (Å²) in [5.74, 6) is 3.13. The Labute approximate surface area is 109 Å². The van der Waals surface area contributed by atoms with Crippen molar-refractivity contribution in [1.29, 1.82) is 0 Å². The van der Waals surface area contributed by atoms with Crippen molar-refractivity contribution in [3.63, 3.8) is 0 Å². The number of fused-ring (bicyclic) bond motifs is 1. The maximum atomic E-state index is 4.72. The Balaban J connectivity index is 1.58. The Morgan fingerprint density at radius 2 is 2.00 bits per heavy atom. The van der Waals surface area contributed by atoms with Gasteiger partial charge in [-0.15, -0.1) is 0 Å². The third-order valence-corrected chi connectivity index (χ3v) is 4.44. The highest BCUT2D eigenvalue weighted by Crippen LogP contribution is 2.21. The lowest BCUT2D eigenvalue weighted by molar-refractivity contribution is 0.191. The zero-order valence-corrected chi connectivity index (χ0v) is 11.4. The Hall–Kier alpha value is -0.900. The number of hydrogen-bond acceptors (Lipinski definition) is 3. The molecule has 0 radical (unpaired) electrons. The predicted octanol–water partition coefficient (Wildman–Crippen LogP) is 1.89. The van der Waals surface area contributed by atoms with Gasteiger partial charge in [0.25, 0.3) is 0 Å². The van der Waals surface area contributed by atoms with E-state index >= 15 is 0 Å². The van der Waals surface area contributed by atoms with Gasteiger partial charge in [-0.05, 0) is 51.2 Å². The van der Waals surface area contributed by atoms with Crippen molar-refractivity contribution in [2.75, 3.05) is 19.6 Å². The van der Waals surface area contributed by atoms with Gasteiger partial charge in [0.2, 0.25) is 0 Å². The van der Waals surface area contributed by atoms with Crippen LogP contribution < -0.4 is 0 Å². The quantitative estimate of drug-likeness (QED) is 0.819. The van der Waals surface area contributed by atoms with E-state index in [4.69, 9.17) is 4.98 Å². The number of aryl methyl sites for hydroxylation is 2. The van der Waals surface area contributed by atoms with E-state index in [9.17, 15) is 0 Å². The Morgan fingerprint density at radius 3 is 2.72 bits per heavy atom. The fourth-order valence-corrected chi connectivity index (χ4v) is 3.19. The second-order valence-corrected chi connectivity index (χ2v) is 5.71. The molecule has 0 aromatic carbocycles. The van der Waals surface area contributed by atoms with Gasteiger partial charge in [0.1, 0.15) is 5.82 Å². The minimum Gasteiger partial charge on any atom is -0.304 e. The average Bonchev–Trinajstić information content (AvgIpc) is 2.82. The first-order valence-electron chi connectivity index (χ1n) is 7.50. The summed E-state index contributed by atoms with van der Waals surface area (Å²) < 4.78 is 2.14. The van der Waals surface area contributed by atoms with E-state index in [-0.39, 0.29) is 0 Å². The summed E-state index contributed by atoms with van der Waals surface area (Å²) >= 11 is 0. The summed E-state index contributed by atoms with van der Waals surface area (Å²) in [4.78, 5) is 7.27. The summed E-state index contributed by atoms with van der Waals surface area (Å²) in [6.07, 6.45) is 7.41. The lowest BCUT2D eigenvalue weighted by Gasteiger charge is -2.30. The van der Waals surface area contributed by atoms with Crippen molar-refractivity contribution >= 4 is 0 Å². The number of likely N-dealkylation sites (tertiary alicyclic amines) is 1. The Kier molecular flexibility index (Phi) is 3.64. The van der Waals surface area contributed by atoms with E-state index in [1.807, 2.05) is 0 Å². The molecule has 2 aliphatic heterocycles. The maximum absolute atomic E-state index is 4.72. The number of rotatable bonds is 3. The van der Waals surface area contributed by atoms with Crippen LogP contribution in [0.3, 0.4) is 0 Å². The molecular formula is C14H24N4. The van der Waals surface area contributed by atoms with E-state index in [1.165, 1.54) is 51.1 Å². The molecule has 0 bridgehead atoms. The number of nitrogens with zero attached hydrogens (tertiary/aromatic N) is 4. The molecule has 0 aliphatic carbocycles. The molecule has 0 spiro atoms. The highest BCUT2D eigenvalue weighted by atomic mass is 15.3. The van der Waals surface area contributed by atoms with Gasteiger partial charge in [0.05, 0.1) is 0 Å². The predicted molar refractivity (Wildman–Crippen MR) is 71.5 cm³/mol. The van der Waals surface area contributed by atoms with Crippen LogP contribution in [0.25, 0.3) is 0 Å². The van der Waals surface area contributed by atoms with E-state index in [2.05, 4.69) is 21.6 Å². The van der Waals surface area contributed by atoms with Gasteiger partial charge in [-0.1, -0.05) is 6.92 Å². The fourth-order valence-electron chi connectivity index (χ4n) is 3.19. The first-order chi connectivity index (χ1) is 8.85. The fraction of sp³-hybridized carbons (Fsp3) is 0.857. The molecule has 0 saturated carbocycles. The van der Waals surface area contributed by atoms with Crippen LogP contribution in [0, 0.1) is 5.92 Å². The van der Waals surface area contributed by atoms with Gasteiger partial charge in [0.15, 0.2) is 5.82 Å². The molecule has 0 atom stereocenters. The van der Waals surface area contributed by atoms with Gasteiger partial charge in [-0.25, -0.2) is 9.67 Å². The van der Waals surface area contributed by atoms with Gasteiger partial charge in [0, 0.05) is 19.4 Å². The molecule has 0 amide bonds. The van der Waals surface area contributed by atoms with Gasteiger partial charge in [-0.2, -0.15) is 5.10 Å². The van der Waals surface area contributed by atoms with Gasteiger partial charge in [-0.3, -0.25) is 0 Å². The Morgan fingerprint density at radius 1 is 1.17 bits per heavy atom. The van der Waals surface area contributed by atoms with Crippen LogP contribution in [-0.4, -0.2) is 39.3 Å². The minimum atomic E-state index is 0.803. The van der Waals surface area contributed by atoms with Crippen molar-refractivity contribution in [3.05, 3.63) is 11.6 Å². The van der Waals surface area contributed by atoms with Crippen LogP contribution >= 0.6 is 0 Å². The molecule has 3 heterocycles. The highest BCUT2D eigenvalue weighted by Gasteiger charge is 2.21. The number of aromatic nitrogens is 3. The van der Waals surface area contributed by atoms with Crippen LogP contribution in [0.15, 0.2) is 0 Å². The maximum Gasteiger partial charge on any atom is 0.151 e. The Bertz CT molecular complexity index is 367. The summed E-state index contributed by atoms with van der Waals surface area (Å²) in [5.41, 5.74) is 0. The van der Waals surface area contributed by atoms with Crippen molar-refractivity contribution in [2.45, 2.75) is 52.0 Å². The third kappa shape index (κ3) is 2.58. The SMILES string of the molecule is CCN1CCC(Cc2nc3n(n2)CCCC3)CC1. The average molecular weight is 248 g/mol. The number of hydrogen-bond donors (Lipinski definition) is 0. The standard InChI is InChI=1S/C14H24N4/c1-2-17-9-6-12(7-10-17)11-13-15-14-5-3-4-8-18(14)16-13/h12H,2-11H2,1H3. The molecule has 4 nitrogen and oxygen atoms in total. The lowest BCUT2D eigenvalue weighted by atomic mass is 9.93. The molecule has 1 fully saturated rings. The van der Waals surface area contributed by atoms with Gasteiger partial charge >= 0.3 is 0 Å². The van der Waals surface area contributed by atoms with Crippen LogP contribution in [0.2, 0.25) is 0 Å². The summed E-state index contributed by atoms with van der Waals surface area (Å²) in [6.45, 7) is 7.05. The smallest absolute Gasteiger partial charge is 0.151 e. The highest BCUT2D eigenvalue weighted by molar-refractivity contribution is 4.97. The van der Waals surface area contributed by atoms with E-state index < -0.39 is 0 Å². The van der Waals surface area contributed by atoms with E-state index in [0.717, 1.165) is 31.1 Å². The lowest BCUT2D eigenvalue weighted by Crippen LogP contribution is -2.34. The van der Waals surface area contributed by atoms with E-state index in [1.54, 1.807) is 0 Å². The summed E-state index contributed by atoms with van der Waals surface area (Å²) in [7, 11) is 0. The van der Waals surface area contributed by atoms with Crippen LogP contribution in [0.4, 0.5) is 0 Å². The molecule has 1 saturated heterocycles. The van der Waals surface area contributed by atoms with Crippen molar-refractivity contribution < 1.29 is 0 Å². The molecule has 4 heteroatoms. The minimum absolute atomic E-state index is 0.803. The third-order valence-electron chi connectivity index (χ3n) is 4.44. The van der Waals surface area contributed by atoms with Crippen LogP contribution in [0.5, 0.6) is 0 Å². The monoisotopic (exact) mass is 248 g/mol. The normalized spacial score (nSPS) is 22.1. The second kappa shape index (κ2) is 5.39. The van der Waals surface area contributed by atoms with Crippen LogP contribution in [-0.2, 0) is 19.4 Å². The van der Waals surface area contributed by atoms with Crippen molar-refractivity contribution in [2.24, 2.45) is 5.92 Å². The first kappa shape index (κ1) is 12.2. The second-order valence-electron chi connectivity index (χ2n) is 5.71. The summed E-state index contributed by atoms with van der Waals surface area (Å²) in [6, 6.07) is 0. The molecule has 1 aromatic rings. The van der Waals surface area contributed by atoms with Crippen molar-refractivity contribution in [3.8, 4) is 0 Å². The molecular weight excluding hydrogens is 224 g/mol. The van der Waals surface area contributed by atoms with Crippen molar-refractivity contribution in [1.82, 2.24) is 19.7 Å². The van der Waals surface area contributed by atoms with Gasteiger partial charge < -0.3 is 4.90 Å². The molecule has 3 rings (SSSR count). The summed E-state index contributed by atoms with van der Waals surface area (Å²) in [5, 5.41) is 4.68. The molecule has 2 aliphatic rings. The zero-order chi connectivity index (χ0) is 12.4. The molecule has 0 N–H and O–H groups in total. The number of piperidine rings is 1. The molecule has 100 valence electrons. The van der Waals surface area contributed by atoms with E-state index in [0.29, 0.717) is 0 Å².